The number of rotatable bonds is 5. The van der Waals surface area contributed by atoms with Crippen molar-refractivity contribution in [2.75, 3.05) is 17.7 Å². The van der Waals surface area contributed by atoms with Gasteiger partial charge in [-0.15, -0.1) is 0 Å². The van der Waals surface area contributed by atoms with Gasteiger partial charge in [-0.05, 0) is 29.8 Å². The van der Waals surface area contributed by atoms with Gasteiger partial charge in [0, 0.05) is 29.1 Å². The number of nitrogens with two attached hydrogens (primary N) is 1. The molecule has 0 fully saturated rings. The number of fused-ring (bicyclic) bond motifs is 1. The van der Waals surface area contributed by atoms with Gasteiger partial charge in [-0.25, -0.2) is 9.78 Å². The molecule has 0 aliphatic carbocycles. The van der Waals surface area contributed by atoms with Crippen molar-refractivity contribution in [1.29, 1.82) is 0 Å². The van der Waals surface area contributed by atoms with Crippen molar-refractivity contribution in [3.8, 4) is 5.75 Å². The van der Waals surface area contributed by atoms with Crippen molar-refractivity contribution >= 4 is 28.4 Å². The lowest BCUT2D eigenvalue weighted by Crippen LogP contribution is -2.09. The number of hydrogen-bond acceptors (Lipinski definition) is 4. The van der Waals surface area contributed by atoms with Crippen molar-refractivity contribution in [3.05, 3.63) is 60.3 Å². The maximum absolute atomic E-state index is 10.6. The Kier molecular flexibility index (Phi) is 4.47. The molecule has 0 atom stereocenters. The summed E-state index contributed by atoms with van der Waals surface area (Å²) in [5.74, 6) is 1.08. The Morgan fingerprint density at radius 2 is 1.96 bits per heavy atom. The lowest BCUT2D eigenvalue weighted by Gasteiger charge is -2.11. The minimum atomic E-state index is -1.13. The van der Waals surface area contributed by atoms with Crippen LogP contribution < -0.4 is 15.8 Å². The number of pyridine rings is 1. The molecule has 24 heavy (non-hydrogen) atoms. The van der Waals surface area contributed by atoms with Gasteiger partial charge >= 0.3 is 6.09 Å². The third-order valence-corrected chi connectivity index (χ3v) is 3.63. The first-order chi connectivity index (χ1) is 11.6. The summed E-state index contributed by atoms with van der Waals surface area (Å²) in [6.45, 7) is 0.463. The zero-order chi connectivity index (χ0) is 16.9. The fourth-order valence-corrected chi connectivity index (χ4v) is 2.51. The van der Waals surface area contributed by atoms with E-state index in [1.54, 1.807) is 12.3 Å². The summed E-state index contributed by atoms with van der Waals surface area (Å²) >= 11 is 0. The summed E-state index contributed by atoms with van der Waals surface area (Å²) < 4.78 is 5.89. The summed E-state index contributed by atoms with van der Waals surface area (Å²) in [6.07, 6.45) is 1.07. The standard InChI is InChI=1S/C18H17N3O3/c19-15-5-6-16(14-4-2-1-3-13(14)15)24-10-8-12-7-9-20-17(11-12)21-18(22)23/h1-7,9,11H,8,10,19H2,(H,20,21)(H,22,23). The summed E-state index contributed by atoms with van der Waals surface area (Å²) in [4.78, 5) is 14.6. The van der Waals surface area contributed by atoms with Crippen LogP contribution in [0.2, 0.25) is 0 Å². The van der Waals surface area contributed by atoms with Gasteiger partial charge in [-0.1, -0.05) is 24.3 Å². The van der Waals surface area contributed by atoms with Crippen LogP contribution in [0.5, 0.6) is 5.75 Å². The van der Waals surface area contributed by atoms with Gasteiger partial charge in [0.05, 0.1) is 6.61 Å². The predicted molar refractivity (Wildman–Crippen MR) is 93.4 cm³/mol. The van der Waals surface area contributed by atoms with Crippen molar-refractivity contribution < 1.29 is 14.6 Å². The van der Waals surface area contributed by atoms with E-state index < -0.39 is 6.09 Å². The average molecular weight is 323 g/mol. The number of anilines is 2. The van der Waals surface area contributed by atoms with Crippen molar-refractivity contribution in [1.82, 2.24) is 4.98 Å². The fourth-order valence-electron chi connectivity index (χ4n) is 2.51. The Morgan fingerprint density at radius 3 is 2.75 bits per heavy atom. The lowest BCUT2D eigenvalue weighted by molar-refractivity contribution is 0.209. The van der Waals surface area contributed by atoms with Crippen LogP contribution in [0.1, 0.15) is 5.56 Å². The topological polar surface area (TPSA) is 97.5 Å². The summed E-state index contributed by atoms with van der Waals surface area (Å²) in [6, 6.07) is 15.0. The maximum atomic E-state index is 10.6. The first kappa shape index (κ1) is 15.6. The highest BCUT2D eigenvalue weighted by Gasteiger charge is 2.05. The molecule has 3 rings (SSSR count). The van der Waals surface area contributed by atoms with Gasteiger partial charge in [-0.3, -0.25) is 5.32 Å². The average Bonchev–Trinajstić information content (AvgIpc) is 2.57. The predicted octanol–water partition coefficient (Wildman–Crippen LogP) is 3.53. The molecule has 0 radical (unpaired) electrons. The van der Waals surface area contributed by atoms with Crippen LogP contribution in [0.3, 0.4) is 0 Å². The molecule has 6 nitrogen and oxygen atoms in total. The highest BCUT2D eigenvalue weighted by Crippen LogP contribution is 2.29. The van der Waals surface area contributed by atoms with Crippen molar-refractivity contribution in [3.63, 3.8) is 0 Å². The maximum Gasteiger partial charge on any atom is 0.410 e. The first-order valence-electron chi connectivity index (χ1n) is 7.48. The number of hydrogen-bond donors (Lipinski definition) is 3. The highest BCUT2D eigenvalue weighted by molar-refractivity contribution is 5.96. The van der Waals surface area contributed by atoms with Gasteiger partial charge in [0.15, 0.2) is 0 Å². The second kappa shape index (κ2) is 6.87. The monoisotopic (exact) mass is 323 g/mol. The Labute approximate surface area is 138 Å². The number of aromatic nitrogens is 1. The number of ether oxygens (including phenoxy) is 1. The van der Waals surface area contributed by atoms with Crippen molar-refractivity contribution in [2.24, 2.45) is 0 Å². The zero-order valence-corrected chi connectivity index (χ0v) is 12.9. The van der Waals surface area contributed by atoms with Gasteiger partial charge in [0.2, 0.25) is 0 Å². The van der Waals surface area contributed by atoms with Crippen LogP contribution in [-0.4, -0.2) is 22.8 Å². The smallest absolute Gasteiger partial charge is 0.410 e. The van der Waals surface area contributed by atoms with Gasteiger partial charge in [-0.2, -0.15) is 0 Å². The molecule has 0 saturated carbocycles. The molecular formula is C18H17N3O3. The normalized spacial score (nSPS) is 10.5. The van der Waals surface area contributed by atoms with Crippen LogP contribution >= 0.6 is 0 Å². The van der Waals surface area contributed by atoms with Gasteiger partial charge in [0.25, 0.3) is 0 Å². The number of nitrogens with zero attached hydrogens (tertiary/aromatic N) is 1. The number of amides is 1. The molecule has 0 aliphatic heterocycles. The second-order valence-electron chi connectivity index (χ2n) is 5.28. The van der Waals surface area contributed by atoms with Crippen LogP contribution in [-0.2, 0) is 6.42 Å². The van der Waals surface area contributed by atoms with Crippen LogP contribution in [0.25, 0.3) is 10.8 Å². The van der Waals surface area contributed by atoms with Gasteiger partial charge in [0.1, 0.15) is 11.6 Å². The summed E-state index contributed by atoms with van der Waals surface area (Å²) in [5.41, 5.74) is 7.64. The Hall–Kier alpha value is -3.28. The number of benzene rings is 2. The summed E-state index contributed by atoms with van der Waals surface area (Å²) in [7, 11) is 0. The molecule has 2 aromatic carbocycles. The second-order valence-corrected chi connectivity index (χ2v) is 5.28. The van der Waals surface area contributed by atoms with Crippen molar-refractivity contribution in [2.45, 2.75) is 6.42 Å². The highest BCUT2D eigenvalue weighted by atomic mass is 16.5. The zero-order valence-electron chi connectivity index (χ0n) is 12.9. The summed E-state index contributed by atoms with van der Waals surface area (Å²) in [5, 5.41) is 12.9. The van der Waals surface area contributed by atoms with E-state index in [2.05, 4.69) is 10.3 Å². The molecule has 1 heterocycles. The Morgan fingerprint density at radius 1 is 1.17 bits per heavy atom. The van der Waals surface area contributed by atoms with Gasteiger partial charge < -0.3 is 15.6 Å². The number of nitrogen functional groups attached to an aromatic ring is 1. The molecule has 3 aromatic rings. The number of carbonyl (C=O) groups is 1. The third kappa shape index (κ3) is 3.55. The van der Waals surface area contributed by atoms with E-state index in [-0.39, 0.29) is 0 Å². The first-order valence-corrected chi connectivity index (χ1v) is 7.48. The molecule has 0 unspecified atom stereocenters. The van der Waals surface area contributed by atoms with E-state index in [9.17, 15) is 4.79 Å². The molecule has 6 heteroatoms. The Bertz CT molecular complexity index is 880. The molecule has 0 bridgehead atoms. The fraction of sp³-hybridized carbons (Fsp3) is 0.111. The minimum Gasteiger partial charge on any atom is -0.493 e. The van der Waals surface area contributed by atoms with E-state index in [4.69, 9.17) is 15.6 Å². The van der Waals surface area contributed by atoms with Crippen LogP contribution in [0, 0.1) is 0 Å². The van der Waals surface area contributed by atoms with E-state index in [0.29, 0.717) is 18.8 Å². The lowest BCUT2D eigenvalue weighted by atomic mass is 10.1. The van der Waals surface area contributed by atoms with E-state index in [0.717, 1.165) is 27.8 Å². The molecule has 122 valence electrons. The molecular weight excluding hydrogens is 306 g/mol. The molecule has 0 spiro atoms. The largest absolute Gasteiger partial charge is 0.493 e. The molecule has 0 saturated heterocycles. The van der Waals surface area contributed by atoms with Crippen LogP contribution in [0.4, 0.5) is 16.3 Å². The van der Waals surface area contributed by atoms with E-state index in [1.165, 1.54) is 0 Å². The quantitative estimate of drug-likeness (QED) is 0.624. The SMILES string of the molecule is Nc1ccc(OCCc2ccnc(NC(=O)O)c2)c2ccccc12. The molecule has 1 aromatic heterocycles. The molecule has 0 aliphatic rings. The van der Waals surface area contributed by atoms with Crippen LogP contribution in [0.15, 0.2) is 54.7 Å². The minimum absolute atomic E-state index is 0.304. The Balaban J connectivity index is 1.69. The molecule has 1 amide bonds. The number of nitrogens with one attached hydrogen (secondary N) is 1. The number of carboxylic acid groups (broad SMARTS) is 1. The van der Waals surface area contributed by atoms with E-state index >= 15 is 0 Å². The third-order valence-electron chi connectivity index (χ3n) is 3.63. The molecule has 4 N–H and O–H groups in total. The van der Waals surface area contributed by atoms with E-state index in [1.807, 2.05) is 42.5 Å².